The number of rotatable bonds is 7. The number of carbonyl (C=O) groups is 2. The summed E-state index contributed by atoms with van der Waals surface area (Å²) in [5.41, 5.74) is 0.786. The van der Waals surface area contributed by atoms with Crippen molar-refractivity contribution in [2.24, 2.45) is 0 Å². The normalized spacial score (nSPS) is 12.6. The van der Waals surface area contributed by atoms with Crippen LogP contribution in [0.2, 0.25) is 0 Å². The highest BCUT2D eigenvalue weighted by Crippen LogP contribution is 2.19. The molecule has 2 aromatic rings. The Morgan fingerprint density at radius 1 is 1.16 bits per heavy atom. The molecule has 2 rings (SSSR count). The maximum atomic E-state index is 12.3. The number of ether oxygens (including phenoxy) is 1. The van der Waals surface area contributed by atoms with Crippen LogP contribution in [0.25, 0.3) is 10.8 Å². The van der Waals surface area contributed by atoms with Gasteiger partial charge in [-0.25, -0.2) is 4.79 Å². The fraction of sp³-hybridized carbons (Fsp3) is 0.294. The van der Waals surface area contributed by atoms with Gasteiger partial charge in [0.05, 0.1) is 19.3 Å². The number of benzene rings is 2. The third kappa shape index (κ3) is 5.54. The van der Waals surface area contributed by atoms with Crippen molar-refractivity contribution < 1.29 is 27.3 Å². The largest absolute Gasteiger partial charge is 0.467 e. The average molecular weight is 365 g/mol. The number of methoxy groups -OCH3 is 1. The molecule has 0 bridgehead atoms. The molecule has 1 amide bonds. The lowest BCUT2D eigenvalue weighted by Gasteiger charge is -2.16. The van der Waals surface area contributed by atoms with E-state index in [2.05, 4.69) is 10.1 Å². The third-order valence-corrected chi connectivity index (χ3v) is 4.47. The zero-order chi connectivity index (χ0) is 18.4. The SMILES string of the molecule is COC(=O)[C@H](CCS(=O)(=O)O)NC(=O)Cc1cccc2ccccc12. The molecule has 0 aliphatic heterocycles. The van der Waals surface area contributed by atoms with Gasteiger partial charge < -0.3 is 10.1 Å². The summed E-state index contributed by atoms with van der Waals surface area (Å²) >= 11 is 0. The Hall–Kier alpha value is -2.45. The standard InChI is InChI=1S/C17H19NO6S/c1-24-17(20)15(9-10-25(21,22)23)18-16(19)11-13-7-4-6-12-5-2-3-8-14(12)13/h2-8,15H,9-11H2,1H3,(H,18,19)(H,21,22,23)/t15-/m0/s1. The summed E-state index contributed by atoms with van der Waals surface area (Å²) in [5.74, 6) is -1.86. The van der Waals surface area contributed by atoms with Gasteiger partial charge in [0.15, 0.2) is 0 Å². The topological polar surface area (TPSA) is 110 Å². The third-order valence-electron chi connectivity index (χ3n) is 3.72. The van der Waals surface area contributed by atoms with Crippen LogP contribution in [0.1, 0.15) is 12.0 Å². The highest BCUT2D eigenvalue weighted by atomic mass is 32.2. The van der Waals surface area contributed by atoms with Crippen LogP contribution in [-0.2, 0) is 30.9 Å². The van der Waals surface area contributed by atoms with Crippen LogP contribution in [0.15, 0.2) is 42.5 Å². The average Bonchev–Trinajstić information content (AvgIpc) is 2.57. The van der Waals surface area contributed by atoms with Crippen molar-refractivity contribution >= 4 is 32.8 Å². The maximum absolute atomic E-state index is 12.3. The molecule has 134 valence electrons. The van der Waals surface area contributed by atoms with E-state index in [-0.39, 0.29) is 12.8 Å². The van der Waals surface area contributed by atoms with Crippen LogP contribution in [0.4, 0.5) is 0 Å². The van der Waals surface area contributed by atoms with Crippen LogP contribution < -0.4 is 5.32 Å². The van der Waals surface area contributed by atoms with E-state index in [4.69, 9.17) is 4.55 Å². The number of fused-ring (bicyclic) bond motifs is 1. The lowest BCUT2D eigenvalue weighted by Crippen LogP contribution is -2.43. The minimum atomic E-state index is -4.24. The highest BCUT2D eigenvalue weighted by molar-refractivity contribution is 7.85. The molecule has 25 heavy (non-hydrogen) atoms. The van der Waals surface area contributed by atoms with Crippen molar-refractivity contribution in [2.45, 2.75) is 18.9 Å². The maximum Gasteiger partial charge on any atom is 0.328 e. The van der Waals surface area contributed by atoms with E-state index >= 15 is 0 Å². The van der Waals surface area contributed by atoms with Gasteiger partial charge in [0.1, 0.15) is 6.04 Å². The van der Waals surface area contributed by atoms with Gasteiger partial charge in [0, 0.05) is 0 Å². The lowest BCUT2D eigenvalue weighted by atomic mass is 10.0. The monoisotopic (exact) mass is 365 g/mol. The minimum Gasteiger partial charge on any atom is -0.467 e. The Balaban J connectivity index is 2.11. The smallest absolute Gasteiger partial charge is 0.328 e. The van der Waals surface area contributed by atoms with Gasteiger partial charge in [-0.3, -0.25) is 9.35 Å². The summed E-state index contributed by atoms with van der Waals surface area (Å²) in [4.78, 5) is 24.0. The first-order valence-electron chi connectivity index (χ1n) is 7.59. The second-order valence-electron chi connectivity index (χ2n) is 5.53. The van der Waals surface area contributed by atoms with Gasteiger partial charge in [0.25, 0.3) is 10.1 Å². The molecule has 0 radical (unpaired) electrons. The van der Waals surface area contributed by atoms with E-state index in [1.54, 1.807) is 0 Å². The van der Waals surface area contributed by atoms with Crippen LogP contribution in [0, 0.1) is 0 Å². The van der Waals surface area contributed by atoms with Crippen LogP contribution in [0.5, 0.6) is 0 Å². The fourth-order valence-corrected chi connectivity index (χ4v) is 3.06. The Morgan fingerprint density at radius 3 is 2.52 bits per heavy atom. The summed E-state index contributed by atoms with van der Waals surface area (Å²) < 4.78 is 35.1. The molecule has 0 aliphatic carbocycles. The Bertz CT molecular complexity index is 872. The number of esters is 1. The summed E-state index contributed by atoms with van der Waals surface area (Å²) in [7, 11) is -3.10. The molecule has 8 heteroatoms. The zero-order valence-corrected chi connectivity index (χ0v) is 14.5. The summed E-state index contributed by atoms with van der Waals surface area (Å²) in [6.45, 7) is 0. The summed E-state index contributed by atoms with van der Waals surface area (Å²) in [5, 5.41) is 4.38. The summed E-state index contributed by atoms with van der Waals surface area (Å²) in [6, 6.07) is 12.0. The number of amides is 1. The van der Waals surface area contributed by atoms with Crippen LogP contribution in [-0.4, -0.2) is 43.8 Å². The van der Waals surface area contributed by atoms with Crippen LogP contribution >= 0.6 is 0 Å². The molecular formula is C17H19NO6S. The number of hydrogen-bond donors (Lipinski definition) is 2. The van der Waals surface area contributed by atoms with Gasteiger partial charge in [-0.1, -0.05) is 42.5 Å². The molecule has 2 N–H and O–H groups in total. The van der Waals surface area contributed by atoms with Gasteiger partial charge in [0.2, 0.25) is 5.91 Å². The Labute approximate surface area is 145 Å². The fourth-order valence-electron chi connectivity index (χ4n) is 2.52. The first-order valence-corrected chi connectivity index (χ1v) is 9.20. The van der Waals surface area contributed by atoms with E-state index in [1.165, 1.54) is 0 Å². The quantitative estimate of drug-likeness (QED) is 0.566. The number of hydrogen-bond acceptors (Lipinski definition) is 5. The van der Waals surface area contributed by atoms with Crippen molar-refractivity contribution in [3.8, 4) is 0 Å². The second-order valence-corrected chi connectivity index (χ2v) is 7.11. The molecule has 0 aliphatic rings. The molecule has 0 fully saturated rings. The molecule has 0 heterocycles. The highest BCUT2D eigenvalue weighted by Gasteiger charge is 2.23. The van der Waals surface area contributed by atoms with Gasteiger partial charge in [-0.15, -0.1) is 0 Å². The molecule has 0 saturated carbocycles. The molecule has 2 aromatic carbocycles. The minimum absolute atomic E-state index is 0.0285. The van der Waals surface area contributed by atoms with Crippen molar-refractivity contribution in [2.75, 3.05) is 12.9 Å². The summed E-state index contributed by atoms with van der Waals surface area (Å²) in [6.07, 6.45) is -0.243. The Kier molecular flexibility index (Phi) is 6.11. The van der Waals surface area contributed by atoms with E-state index in [0.717, 1.165) is 23.4 Å². The van der Waals surface area contributed by atoms with Crippen LogP contribution in [0.3, 0.4) is 0 Å². The van der Waals surface area contributed by atoms with Gasteiger partial charge in [-0.2, -0.15) is 8.42 Å². The first kappa shape index (κ1) is 18.9. The van der Waals surface area contributed by atoms with Crippen molar-refractivity contribution in [3.05, 3.63) is 48.0 Å². The van der Waals surface area contributed by atoms with E-state index < -0.39 is 33.8 Å². The molecule has 0 spiro atoms. The van der Waals surface area contributed by atoms with Crippen molar-refractivity contribution in [1.29, 1.82) is 0 Å². The Morgan fingerprint density at radius 2 is 1.84 bits per heavy atom. The molecule has 1 atom stereocenters. The predicted octanol–water partition coefficient (Wildman–Crippen LogP) is 1.32. The molecule has 0 unspecified atom stereocenters. The van der Waals surface area contributed by atoms with Crippen molar-refractivity contribution in [1.82, 2.24) is 5.32 Å². The van der Waals surface area contributed by atoms with Gasteiger partial charge >= 0.3 is 5.97 Å². The molecule has 7 nitrogen and oxygen atoms in total. The van der Waals surface area contributed by atoms with E-state index in [1.807, 2.05) is 42.5 Å². The van der Waals surface area contributed by atoms with Crippen molar-refractivity contribution in [3.63, 3.8) is 0 Å². The molecular weight excluding hydrogens is 346 g/mol. The number of nitrogens with one attached hydrogen (secondary N) is 1. The first-order chi connectivity index (χ1) is 11.8. The lowest BCUT2D eigenvalue weighted by molar-refractivity contribution is -0.145. The second kappa shape index (κ2) is 8.09. The van der Waals surface area contributed by atoms with E-state index in [0.29, 0.717) is 0 Å². The van der Waals surface area contributed by atoms with Gasteiger partial charge in [-0.05, 0) is 22.8 Å². The van der Waals surface area contributed by atoms with E-state index in [9.17, 15) is 18.0 Å². The molecule has 0 aromatic heterocycles. The number of carbonyl (C=O) groups excluding carboxylic acids is 2. The predicted molar refractivity (Wildman–Crippen MR) is 92.6 cm³/mol. The zero-order valence-electron chi connectivity index (χ0n) is 13.6. The molecule has 0 saturated heterocycles.